The second-order valence-corrected chi connectivity index (χ2v) is 6.56. The third-order valence-corrected chi connectivity index (χ3v) is 4.40. The molecule has 8 nitrogen and oxygen atoms in total. The number of hydrogen-bond donors (Lipinski definition) is 2. The van der Waals surface area contributed by atoms with E-state index < -0.39 is 4.92 Å². The number of carbonyl (C=O) groups excluding carboxylic acids is 2. The third kappa shape index (κ3) is 4.59. The molecule has 1 aliphatic rings. The maximum absolute atomic E-state index is 12.1. The van der Waals surface area contributed by atoms with Crippen LogP contribution in [0.25, 0.3) is 6.08 Å². The molecule has 2 aromatic carbocycles. The van der Waals surface area contributed by atoms with Crippen LogP contribution in [0.4, 0.5) is 17.1 Å². The van der Waals surface area contributed by atoms with Gasteiger partial charge in [0.1, 0.15) is 0 Å². The molecule has 0 bridgehead atoms. The van der Waals surface area contributed by atoms with Gasteiger partial charge in [-0.25, -0.2) is 4.99 Å². The Morgan fingerprint density at radius 3 is 2.59 bits per heavy atom. The highest BCUT2D eigenvalue weighted by atomic mass is 32.2. The van der Waals surface area contributed by atoms with Crippen molar-refractivity contribution in [2.45, 2.75) is 6.92 Å². The van der Waals surface area contributed by atoms with E-state index in [1.165, 1.54) is 19.1 Å². The monoisotopic (exact) mass is 382 g/mol. The van der Waals surface area contributed by atoms with E-state index in [9.17, 15) is 19.7 Å². The van der Waals surface area contributed by atoms with Gasteiger partial charge in [0.05, 0.1) is 21.1 Å². The zero-order valence-corrected chi connectivity index (χ0v) is 14.9. The molecule has 1 heterocycles. The van der Waals surface area contributed by atoms with Crippen molar-refractivity contribution in [1.29, 1.82) is 0 Å². The summed E-state index contributed by atoms with van der Waals surface area (Å²) in [7, 11) is 0. The number of amides is 2. The van der Waals surface area contributed by atoms with E-state index in [-0.39, 0.29) is 17.5 Å². The number of para-hydroxylation sites is 1. The van der Waals surface area contributed by atoms with Crippen molar-refractivity contribution in [2.24, 2.45) is 4.99 Å². The Kier molecular flexibility index (Phi) is 5.32. The van der Waals surface area contributed by atoms with Crippen LogP contribution in [0, 0.1) is 10.1 Å². The first-order chi connectivity index (χ1) is 12.9. The van der Waals surface area contributed by atoms with Gasteiger partial charge in [-0.3, -0.25) is 19.7 Å². The number of nitro groups is 1. The van der Waals surface area contributed by atoms with E-state index in [0.29, 0.717) is 27.0 Å². The van der Waals surface area contributed by atoms with Crippen LogP contribution < -0.4 is 10.6 Å². The lowest BCUT2D eigenvalue weighted by molar-refractivity contribution is -0.385. The predicted molar refractivity (Wildman–Crippen MR) is 105 cm³/mol. The number of anilines is 1. The molecule has 0 unspecified atom stereocenters. The van der Waals surface area contributed by atoms with Crippen molar-refractivity contribution < 1.29 is 14.5 Å². The molecule has 1 aliphatic heterocycles. The number of benzene rings is 2. The minimum atomic E-state index is -0.491. The normalized spacial score (nSPS) is 16.4. The summed E-state index contributed by atoms with van der Waals surface area (Å²) in [6, 6.07) is 13.0. The fourth-order valence-corrected chi connectivity index (χ4v) is 3.17. The van der Waals surface area contributed by atoms with Gasteiger partial charge < -0.3 is 10.6 Å². The summed E-state index contributed by atoms with van der Waals surface area (Å²) >= 11 is 1.10. The summed E-state index contributed by atoms with van der Waals surface area (Å²) in [5, 5.41) is 16.8. The molecule has 0 aromatic heterocycles. The molecule has 0 aliphatic carbocycles. The van der Waals surface area contributed by atoms with Gasteiger partial charge in [-0.2, -0.15) is 0 Å². The van der Waals surface area contributed by atoms with Gasteiger partial charge in [0.2, 0.25) is 5.91 Å². The predicted octanol–water partition coefficient (Wildman–Crippen LogP) is 3.44. The van der Waals surface area contributed by atoms with Gasteiger partial charge >= 0.3 is 0 Å². The van der Waals surface area contributed by atoms with Crippen LogP contribution >= 0.6 is 11.8 Å². The van der Waals surface area contributed by atoms with Gasteiger partial charge in [-0.15, -0.1) is 0 Å². The van der Waals surface area contributed by atoms with Crippen LogP contribution in [0.1, 0.15) is 12.5 Å². The highest BCUT2D eigenvalue weighted by Crippen LogP contribution is 2.30. The van der Waals surface area contributed by atoms with Gasteiger partial charge in [0, 0.05) is 18.7 Å². The highest BCUT2D eigenvalue weighted by Gasteiger charge is 2.25. The Morgan fingerprint density at radius 1 is 1.22 bits per heavy atom. The van der Waals surface area contributed by atoms with Gasteiger partial charge in [-0.05, 0) is 48.2 Å². The fraction of sp³-hybridized carbons (Fsp3) is 0.0556. The van der Waals surface area contributed by atoms with E-state index in [1.54, 1.807) is 42.5 Å². The molecule has 1 fully saturated rings. The van der Waals surface area contributed by atoms with Crippen LogP contribution in [-0.2, 0) is 9.59 Å². The number of nitro benzene ring substituents is 1. The van der Waals surface area contributed by atoms with Crippen LogP contribution in [0.3, 0.4) is 0 Å². The van der Waals surface area contributed by atoms with Crippen LogP contribution in [0.2, 0.25) is 0 Å². The van der Waals surface area contributed by atoms with Crippen molar-refractivity contribution >= 4 is 51.9 Å². The molecule has 0 spiro atoms. The maximum Gasteiger partial charge on any atom is 0.276 e. The third-order valence-electron chi connectivity index (χ3n) is 3.49. The first kappa shape index (κ1) is 18.3. The Balaban J connectivity index is 1.80. The SMILES string of the molecule is CC(=O)Nc1ccc(N=C2NC(=O)/C(=C/c3ccccc3[N+](=O)[O-])S2)cc1. The molecule has 3 rings (SSSR count). The zero-order chi connectivity index (χ0) is 19.4. The number of amidine groups is 1. The molecule has 0 atom stereocenters. The number of aliphatic imine (C=N–C) groups is 1. The molecule has 0 saturated carbocycles. The molecule has 9 heteroatoms. The van der Waals surface area contributed by atoms with Crippen molar-refractivity contribution in [1.82, 2.24) is 5.32 Å². The minimum Gasteiger partial charge on any atom is -0.326 e. The second-order valence-electron chi connectivity index (χ2n) is 5.53. The lowest BCUT2D eigenvalue weighted by Gasteiger charge is -2.02. The molecule has 1 saturated heterocycles. The summed E-state index contributed by atoms with van der Waals surface area (Å²) in [5.41, 5.74) is 1.52. The van der Waals surface area contributed by atoms with E-state index in [4.69, 9.17) is 0 Å². The zero-order valence-electron chi connectivity index (χ0n) is 14.1. The number of carbonyl (C=O) groups is 2. The molecule has 2 amide bonds. The average Bonchev–Trinajstić information content (AvgIpc) is 2.95. The van der Waals surface area contributed by atoms with E-state index in [0.717, 1.165) is 11.8 Å². The Bertz CT molecular complexity index is 983. The second kappa shape index (κ2) is 7.83. The van der Waals surface area contributed by atoms with Gasteiger partial charge in [0.15, 0.2) is 5.17 Å². The van der Waals surface area contributed by atoms with Crippen LogP contribution in [0.15, 0.2) is 58.4 Å². The summed E-state index contributed by atoms with van der Waals surface area (Å²) in [6.07, 6.45) is 1.47. The van der Waals surface area contributed by atoms with Gasteiger partial charge in [0.25, 0.3) is 11.6 Å². The Hall–Kier alpha value is -3.46. The summed E-state index contributed by atoms with van der Waals surface area (Å²) in [6.45, 7) is 1.42. The van der Waals surface area contributed by atoms with Gasteiger partial charge in [-0.1, -0.05) is 12.1 Å². The molecule has 2 N–H and O–H groups in total. The summed E-state index contributed by atoms with van der Waals surface area (Å²) in [4.78, 5) is 38.4. The molecular weight excluding hydrogens is 368 g/mol. The lowest BCUT2D eigenvalue weighted by atomic mass is 10.1. The minimum absolute atomic E-state index is 0.0719. The quantitative estimate of drug-likeness (QED) is 0.478. The summed E-state index contributed by atoms with van der Waals surface area (Å²) in [5.74, 6) is -0.538. The first-order valence-corrected chi connectivity index (χ1v) is 8.65. The molecule has 136 valence electrons. The molecule has 2 aromatic rings. The first-order valence-electron chi connectivity index (χ1n) is 7.83. The maximum atomic E-state index is 12.1. The van der Waals surface area contributed by atoms with Crippen LogP contribution in [-0.4, -0.2) is 21.9 Å². The number of hydrogen-bond acceptors (Lipinski definition) is 6. The Morgan fingerprint density at radius 2 is 1.93 bits per heavy atom. The van der Waals surface area contributed by atoms with E-state index >= 15 is 0 Å². The van der Waals surface area contributed by atoms with Crippen LogP contribution in [0.5, 0.6) is 0 Å². The van der Waals surface area contributed by atoms with Crippen molar-refractivity contribution in [3.63, 3.8) is 0 Å². The fourth-order valence-electron chi connectivity index (χ4n) is 2.34. The van der Waals surface area contributed by atoms with E-state index in [2.05, 4.69) is 15.6 Å². The molecular formula is C18H14N4O4S. The topological polar surface area (TPSA) is 114 Å². The van der Waals surface area contributed by atoms with Crippen molar-refractivity contribution in [3.8, 4) is 0 Å². The standard InChI is InChI=1S/C18H14N4O4S/c1-11(23)19-13-6-8-14(9-7-13)20-18-21-17(24)16(27-18)10-12-4-2-3-5-15(12)22(25)26/h2-10H,1H3,(H,19,23)(H,20,21,24)/b16-10-. The highest BCUT2D eigenvalue weighted by molar-refractivity contribution is 8.18. The lowest BCUT2D eigenvalue weighted by Crippen LogP contribution is -2.19. The van der Waals surface area contributed by atoms with Crippen molar-refractivity contribution in [2.75, 3.05) is 5.32 Å². The number of thioether (sulfide) groups is 1. The summed E-state index contributed by atoms with van der Waals surface area (Å²) < 4.78 is 0. The number of nitrogens with zero attached hydrogens (tertiary/aromatic N) is 2. The molecule has 27 heavy (non-hydrogen) atoms. The number of nitrogens with one attached hydrogen (secondary N) is 2. The average molecular weight is 382 g/mol. The number of rotatable bonds is 4. The largest absolute Gasteiger partial charge is 0.326 e. The smallest absolute Gasteiger partial charge is 0.276 e. The van der Waals surface area contributed by atoms with E-state index in [1.807, 2.05) is 0 Å². The Labute approximate surface area is 158 Å². The molecule has 0 radical (unpaired) electrons. The van der Waals surface area contributed by atoms with Crippen molar-refractivity contribution in [3.05, 3.63) is 69.1 Å².